The normalized spacial score (nSPS) is 25.5. The van der Waals surface area contributed by atoms with Gasteiger partial charge in [-0.1, -0.05) is 24.4 Å². The molecule has 4 rings (SSSR count). The summed E-state index contributed by atoms with van der Waals surface area (Å²) in [6.45, 7) is 4.06. The van der Waals surface area contributed by atoms with E-state index in [1.165, 1.54) is 29.9 Å². The average Bonchev–Trinajstić information content (AvgIpc) is 3.49. The van der Waals surface area contributed by atoms with Gasteiger partial charge in [0.25, 0.3) is 0 Å². The molecule has 2 aliphatic rings. The summed E-state index contributed by atoms with van der Waals surface area (Å²) >= 11 is 6.04. The van der Waals surface area contributed by atoms with E-state index in [4.69, 9.17) is 27.1 Å². The number of hydrogen-bond acceptors (Lipinski definition) is 4. The Kier molecular flexibility index (Phi) is 5.41. The summed E-state index contributed by atoms with van der Waals surface area (Å²) in [5, 5.41) is 0.292. The van der Waals surface area contributed by atoms with Gasteiger partial charge in [-0.25, -0.2) is 9.38 Å². The number of amides is 1. The van der Waals surface area contributed by atoms with Gasteiger partial charge in [0, 0.05) is 29.6 Å². The Bertz CT molecular complexity index is 1040. The molecule has 1 aromatic carbocycles. The quantitative estimate of drug-likeness (QED) is 0.418. The third-order valence-corrected chi connectivity index (χ3v) is 6.20. The van der Waals surface area contributed by atoms with Gasteiger partial charge in [0.15, 0.2) is 5.96 Å². The summed E-state index contributed by atoms with van der Waals surface area (Å²) in [6.07, 6.45) is 6.20. The molecule has 2 N–H and O–H groups in total. The maximum Gasteiger partial charge on any atom is 0.216 e. The van der Waals surface area contributed by atoms with Gasteiger partial charge in [0.05, 0.1) is 17.4 Å². The first-order chi connectivity index (χ1) is 14.6. The van der Waals surface area contributed by atoms with Crippen molar-refractivity contribution in [2.75, 3.05) is 7.05 Å². The first-order valence-electron chi connectivity index (χ1n) is 10.3. The maximum absolute atomic E-state index is 13.9. The van der Waals surface area contributed by atoms with E-state index in [0.29, 0.717) is 40.8 Å². The van der Waals surface area contributed by atoms with Crippen LogP contribution in [-0.2, 0) is 10.3 Å². The first-order valence-corrected chi connectivity index (χ1v) is 10.7. The number of halogens is 2. The zero-order valence-electron chi connectivity index (χ0n) is 17.9. The van der Waals surface area contributed by atoms with Crippen LogP contribution in [0.1, 0.15) is 45.1 Å². The fourth-order valence-electron chi connectivity index (χ4n) is 4.46. The first kappa shape index (κ1) is 21.6. The third-order valence-electron chi connectivity index (χ3n) is 5.98. The lowest BCUT2D eigenvalue weighted by atomic mass is 9.76. The van der Waals surface area contributed by atoms with Crippen molar-refractivity contribution >= 4 is 24.0 Å². The van der Waals surface area contributed by atoms with Crippen LogP contribution >= 0.6 is 11.6 Å². The van der Waals surface area contributed by atoms with Crippen LogP contribution in [0.5, 0.6) is 5.75 Å². The second-order valence-corrected chi connectivity index (χ2v) is 9.50. The number of aliphatic imine (C=N–C) groups is 1. The lowest BCUT2D eigenvalue weighted by Gasteiger charge is -2.44. The Morgan fingerprint density at radius 2 is 2.13 bits per heavy atom. The number of guanidine groups is 1. The van der Waals surface area contributed by atoms with E-state index in [9.17, 15) is 9.18 Å². The number of hydrogen-bond donors (Lipinski definition) is 1. The number of rotatable bonds is 5. The molecule has 1 amide bonds. The van der Waals surface area contributed by atoms with Crippen molar-refractivity contribution in [1.29, 1.82) is 0 Å². The third kappa shape index (κ3) is 4.51. The Morgan fingerprint density at radius 3 is 2.77 bits per heavy atom. The molecule has 0 radical (unpaired) electrons. The lowest BCUT2D eigenvalue weighted by molar-refractivity contribution is -0.114. The van der Waals surface area contributed by atoms with Crippen molar-refractivity contribution < 1.29 is 13.9 Å². The molecular weight excluding hydrogens is 419 g/mol. The average molecular weight is 445 g/mol. The molecule has 6 nitrogen and oxygen atoms in total. The number of nitrogens with two attached hydrogens (primary N) is 1. The van der Waals surface area contributed by atoms with E-state index in [1.807, 2.05) is 13.0 Å². The van der Waals surface area contributed by atoms with Crippen molar-refractivity contribution in [3.8, 4) is 17.0 Å². The van der Waals surface area contributed by atoms with Gasteiger partial charge in [0.1, 0.15) is 17.2 Å². The molecule has 1 fully saturated rings. The van der Waals surface area contributed by atoms with Crippen LogP contribution in [0.2, 0.25) is 5.02 Å². The molecule has 0 bridgehead atoms. The number of benzene rings is 1. The van der Waals surface area contributed by atoms with E-state index in [0.717, 1.165) is 12.0 Å². The summed E-state index contributed by atoms with van der Waals surface area (Å²) in [7, 11) is 1.56. The predicted octanol–water partition coefficient (Wildman–Crippen LogP) is 4.50. The van der Waals surface area contributed by atoms with Gasteiger partial charge in [-0.05, 0) is 50.5 Å². The molecule has 31 heavy (non-hydrogen) atoms. The molecule has 1 saturated carbocycles. The minimum absolute atomic E-state index is 0.117. The van der Waals surface area contributed by atoms with Crippen LogP contribution in [0.15, 0.2) is 35.5 Å². The van der Waals surface area contributed by atoms with E-state index in [1.54, 1.807) is 19.3 Å². The number of nitrogens with zero attached hydrogens (tertiary/aromatic N) is 3. The van der Waals surface area contributed by atoms with Crippen LogP contribution in [0.25, 0.3) is 11.3 Å². The van der Waals surface area contributed by atoms with Crippen molar-refractivity contribution in [1.82, 2.24) is 9.88 Å². The zero-order valence-corrected chi connectivity index (χ0v) is 18.6. The molecular formula is C23H26ClFN4O2. The van der Waals surface area contributed by atoms with Gasteiger partial charge in [-0.15, -0.1) is 0 Å². The number of pyridine rings is 1. The highest BCUT2D eigenvalue weighted by Gasteiger charge is 2.47. The smallest absolute Gasteiger partial charge is 0.216 e. The highest BCUT2D eigenvalue weighted by atomic mass is 35.5. The molecule has 2 aromatic rings. The van der Waals surface area contributed by atoms with Crippen LogP contribution < -0.4 is 10.5 Å². The second kappa shape index (κ2) is 7.79. The molecule has 1 aliphatic heterocycles. The number of ether oxygens (including phenoxy) is 1. The van der Waals surface area contributed by atoms with Gasteiger partial charge < -0.3 is 10.5 Å². The molecule has 1 aliphatic carbocycles. The molecule has 0 saturated heterocycles. The lowest BCUT2D eigenvalue weighted by Crippen LogP contribution is -2.46. The monoisotopic (exact) mass is 444 g/mol. The van der Waals surface area contributed by atoms with Crippen molar-refractivity contribution in [2.24, 2.45) is 16.6 Å². The van der Waals surface area contributed by atoms with E-state index in [-0.39, 0.29) is 5.96 Å². The SMILES string of the molecule is CN(C=O)C(N)=NC1(C)CC(C)(CC2CC2)Oc2cnc(-c3cc(F)cc(Cl)c3)cc21. The molecule has 2 heterocycles. The second-order valence-electron chi connectivity index (χ2n) is 9.06. The van der Waals surface area contributed by atoms with E-state index < -0.39 is 17.0 Å². The van der Waals surface area contributed by atoms with E-state index >= 15 is 0 Å². The highest BCUT2D eigenvalue weighted by Crippen LogP contribution is 2.50. The van der Waals surface area contributed by atoms with Gasteiger partial charge in [-0.2, -0.15) is 0 Å². The van der Waals surface area contributed by atoms with Gasteiger partial charge >= 0.3 is 0 Å². The molecule has 0 spiro atoms. The number of aromatic nitrogens is 1. The van der Waals surface area contributed by atoms with E-state index in [2.05, 4.69) is 11.9 Å². The minimum Gasteiger partial charge on any atom is -0.485 e. The van der Waals surface area contributed by atoms with Gasteiger partial charge in [-0.3, -0.25) is 14.7 Å². The number of carbonyl (C=O) groups is 1. The Hall–Kier alpha value is -2.67. The topological polar surface area (TPSA) is 80.8 Å². The molecule has 8 heteroatoms. The summed E-state index contributed by atoms with van der Waals surface area (Å²) in [6, 6.07) is 6.14. The van der Waals surface area contributed by atoms with Crippen LogP contribution in [0, 0.1) is 11.7 Å². The minimum atomic E-state index is -0.757. The van der Waals surface area contributed by atoms with Crippen LogP contribution in [0.4, 0.5) is 4.39 Å². The summed E-state index contributed by atoms with van der Waals surface area (Å²) < 4.78 is 20.3. The maximum atomic E-state index is 13.9. The molecule has 1 aromatic heterocycles. The predicted molar refractivity (Wildman–Crippen MR) is 118 cm³/mol. The standard InChI is InChI=1S/C23H26ClFN4O2/c1-22(10-14-4-5-14)12-23(2,28-21(26)29(3)13-30)18-9-19(27-11-20(18)31-22)15-6-16(24)8-17(25)7-15/h6-9,11,13-14H,4-5,10,12H2,1-3H3,(H2,26,28). The summed E-state index contributed by atoms with van der Waals surface area (Å²) in [4.78, 5) is 21.7. The molecule has 164 valence electrons. The highest BCUT2D eigenvalue weighted by molar-refractivity contribution is 6.30. The van der Waals surface area contributed by atoms with Crippen molar-refractivity contribution in [2.45, 2.75) is 50.7 Å². The van der Waals surface area contributed by atoms with Gasteiger partial charge in [0.2, 0.25) is 6.41 Å². The zero-order chi connectivity index (χ0) is 22.4. The van der Waals surface area contributed by atoms with Crippen LogP contribution in [0.3, 0.4) is 0 Å². The van der Waals surface area contributed by atoms with Crippen molar-refractivity contribution in [3.63, 3.8) is 0 Å². The van der Waals surface area contributed by atoms with Crippen molar-refractivity contribution in [3.05, 3.63) is 46.9 Å². The summed E-state index contributed by atoms with van der Waals surface area (Å²) in [5.41, 5.74) is 6.82. The fraction of sp³-hybridized carbons (Fsp3) is 0.435. The Labute approximate surface area is 186 Å². The number of fused-ring (bicyclic) bond motifs is 1. The number of carbonyl (C=O) groups excluding carboxylic acids is 1. The fourth-order valence-corrected chi connectivity index (χ4v) is 4.68. The molecule has 2 atom stereocenters. The molecule has 2 unspecified atom stereocenters. The van der Waals surface area contributed by atoms with Crippen LogP contribution in [-0.4, -0.2) is 34.9 Å². The summed E-state index contributed by atoms with van der Waals surface area (Å²) in [5.74, 6) is 0.948. The Balaban J connectivity index is 1.82. The largest absolute Gasteiger partial charge is 0.485 e. The Morgan fingerprint density at radius 1 is 1.39 bits per heavy atom.